The van der Waals surface area contributed by atoms with Gasteiger partial charge >= 0.3 is 0 Å². The number of nitrogens with two attached hydrogens (primary N) is 1. The van der Waals surface area contributed by atoms with E-state index >= 15 is 0 Å². The number of methoxy groups -OCH3 is 1. The lowest BCUT2D eigenvalue weighted by atomic mass is 10.1. The van der Waals surface area contributed by atoms with Crippen LogP contribution < -0.4 is 15.2 Å². The molecule has 1 fully saturated rings. The average Bonchev–Trinajstić information content (AvgIpc) is 2.84. The van der Waals surface area contributed by atoms with E-state index in [-0.39, 0.29) is 6.04 Å². The molecule has 2 rings (SSSR count). The number of rotatable bonds is 5. The van der Waals surface area contributed by atoms with Crippen LogP contribution >= 0.6 is 11.6 Å². The summed E-state index contributed by atoms with van der Waals surface area (Å²) < 4.78 is 11.6. The zero-order chi connectivity index (χ0) is 13.8. The number of hydrogen-bond donors (Lipinski definition) is 1. The molecule has 0 bridgehead atoms. The highest BCUT2D eigenvalue weighted by Crippen LogP contribution is 2.37. The second kappa shape index (κ2) is 6.49. The first-order chi connectivity index (χ1) is 9.10. The first-order valence-corrected chi connectivity index (χ1v) is 7.26. The van der Waals surface area contributed by atoms with Gasteiger partial charge in [-0.25, -0.2) is 0 Å². The molecule has 1 saturated carbocycles. The zero-order valence-electron chi connectivity index (χ0n) is 11.6. The van der Waals surface area contributed by atoms with Crippen LogP contribution in [0.5, 0.6) is 11.5 Å². The lowest BCUT2D eigenvalue weighted by Crippen LogP contribution is -2.20. The largest absolute Gasteiger partial charge is 0.493 e. The lowest BCUT2D eigenvalue weighted by molar-refractivity contribution is 0.198. The summed E-state index contributed by atoms with van der Waals surface area (Å²) in [7, 11) is 1.64. The molecule has 0 aliphatic heterocycles. The molecule has 1 aromatic rings. The lowest BCUT2D eigenvalue weighted by Gasteiger charge is -2.20. The van der Waals surface area contributed by atoms with Gasteiger partial charge in [0.2, 0.25) is 0 Å². The third-order valence-electron chi connectivity index (χ3n) is 3.45. The number of halogens is 1. The van der Waals surface area contributed by atoms with Crippen molar-refractivity contribution in [1.29, 1.82) is 0 Å². The standard InChI is InChI=1S/C15H22ClNO2/c1-10(17)7-11-8-12(16)9-14(18-2)15(11)19-13-5-3-4-6-13/h8-10,13H,3-7,17H2,1-2H3. The Balaban J connectivity index is 2.29. The molecule has 4 heteroatoms. The van der Waals surface area contributed by atoms with Crippen LogP contribution in [0.15, 0.2) is 12.1 Å². The molecule has 0 heterocycles. The third-order valence-corrected chi connectivity index (χ3v) is 3.66. The van der Waals surface area contributed by atoms with Gasteiger partial charge in [0.15, 0.2) is 11.5 Å². The summed E-state index contributed by atoms with van der Waals surface area (Å²) in [5, 5.41) is 0.659. The fraction of sp³-hybridized carbons (Fsp3) is 0.600. The Bertz CT molecular complexity index is 428. The molecular weight excluding hydrogens is 262 g/mol. The Hall–Kier alpha value is -0.930. The van der Waals surface area contributed by atoms with Gasteiger partial charge in [0.05, 0.1) is 13.2 Å². The smallest absolute Gasteiger partial charge is 0.164 e. The van der Waals surface area contributed by atoms with Crippen LogP contribution in [0.25, 0.3) is 0 Å². The van der Waals surface area contributed by atoms with Gasteiger partial charge in [-0.3, -0.25) is 0 Å². The first-order valence-electron chi connectivity index (χ1n) is 6.88. The van der Waals surface area contributed by atoms with Crippen molar-refractivity contribution in [2.75, 3.05) is 7.11 Å². The maximum atomic E-state index is 6.15. The normalized spacial score (nSPS) is 17.5. The van der Waals surface area contributed by atoms with E-state index in [1.54, 1.807) is 13.2 Å². The summed E-state index contributed by atoms with van der Waals surface area (Å²) in [6.07, 6.45) is 5.74. The van der Waals surface area contributed by atoms with Crippen molar-refractivity contribution in [2.24, 2.45) is 5.73 Å². The third kappa shape index (κ3) is 3.77. The summed E-state index contributed by atoms with van der Waals surface area (Å²) in [6, 6.07) is 3.79. The summed E-state index contributed by atoms with van der Waals surface area (Å²) in [5.74, 6) is 1.52. The molecule has 1 aliphatic rings. The minimum atomic E-state index is 0.0640. The molecule has 1 atom stereocenters. The van der Waals surface area contributed by atoms with Gasteiger partial charge in [-0.1, -0.05) is 11.6 Å². The second-order valence-electron chi connectivity index (χ2n) is 5.30. The highest BCUT2D eigenvalue weighted by molar-refractivity contribution is 6.30. The van der Waals surface area contributed by atoms with Crippen LogP contribution in [0, 0.1) is 0 Å². The zero-order valence-corrected chi connectivity index (χ0v) is 12.4. The van der Waals surface area contributed by atoms with Crippen LogP contribution in [-0.2, 0) is 6.42 Å². The predicted octanol–water partition coefficient (Wildman–Crippen LogP) is 3.56. The van der Waals surface area contributed by atoms with Crippen LogP contribution in [0.2, 0.25) is 5.02 Å². The van der Waals surface area contributed by atoms with Crippen molar-refractivity contribution < 1.29 is 9.47 Å². The monoisotopic (exact) mass is 283 g/mol. The predicted molar refractivity (Wildman–Crippen MR) is 78.2 cm³/mol. The molecule has 1 unspecified atom stereocenters. The van der Waals surface area contributed by atoms with Gasteiger partial charge in [0.25, 0.3) is 0 Å². The van der Waals surface area contributed by atoms with E-state index in [1.165, 1.54) is 12.8 Å². The quantitative estimate of drug-likeness (QED) is 0.899. The molecule has 0 amide bonds. The Morgan fingerprint density at radius 1 is 1.37 bits per heavy atom. The van der Waals surface area contributed by atoms with Gasteiger partial charge in [-0.2, -0.15) is 0 Å². The fourth-order valence-electron chi connectivity index (χ4n) is 2.58. The first kappa shape index (κ1) is 14.5. The summed E-state index contributed by atoms with van der Waals surface area (Å²) in [4.78, 5) is 0. The number of benzene rings is 1. The van der Waals surface area contributed by atoms with Gasteiger partial charge in [-0.15, -0.1) is 0 Å². The molecule has 0 radical (unpaired) electrons. The summed E-state index contributed by atoms with van der Waals surface area (Å²) in [6.45, 7) is 1.98. The van der Waals surface area contributed by atoms with E-state index in [4.69, 9.17) is 26.8 Å². The Labute approximate surface area is 120 Å². The Morgan fingerprint density at radius 2 is 2.05 bits per heavy atom. The minimum absolute atomic E-state index is 0.0640. The van der Waals surface area contributed by atoms with Crippen molar-refractivity contribution in [3.63, 3.8) is 0 Å². The molecule has 1 aliphatic carbocycles. The van der Waals surface area contributed by atoms with Crippen LogP contribution in [-0.4, -0.2) is 19.3 Å². The Morgan fingerprint density at radius 3 is 2.63 bits per heavy atom. The van der Waals surface area contributed by atoms with Crippen LogP contribution in [0.1, 0.15) is 38.2 Å². The molecular formula is C15H22ClNO2. The molecule has 0 spiro atoms. The van der Waals surface area contributed by atoms with Gasteiger partial charge in [-0.05, 0) is 45.1 Å². The van der Waals surface area contributed by atoms with Gasteiger partial charge < -0.3 is 15.2 Å². The van der Waals surface area contributed by atoms with Crippen molar-refractivity contribution in [1.82, 2.24) is 0 Å². The van der Waals surface area contributed by atoms with Gasteiger partial charge in [0.1, 0.15) is 0 Å². The molecule has 2 N–H and O–H groups in total. The molecule has 1 aromatic carbocycles. The van der Waals surface area contributed by atoms with Gasteiger partial charge in [0, 0.05) is 22.7 Å². The average molecular weight is 284 g/mol. The van der Waals surface area contributed by atoms with Crippen molar-refractivity contribution >= 4 is 11.6 Å². The fourth-order valence-corrected chi connectivity index (χ4v) is 2.81. The number of hydrogen-bond acceptors (Lipinski definition) is 3. The highest BCUT2D eigenvalue weighted by Gasteiger charge is 2.21. The molecule has 3 nitrogen and oxygen atoms in total. The van der Waals surface area contributed by atoms with Crippen LogP contribution in [0.3, 0.4) is 0 Å². The van der Waals surface area contributed by atoms with E-state index in [1.807, 2.05) is 13.0 Å². The minimum Gasteiger partial charge on any atom is -0.493 e. The Kier molecular flexibility index (Phi) is 4.94. The van der Waals surface area contributed by atoms with Crippen molar-refractivity contribution in [2.45, 2.75) is 51.2 Å². The maximum Gasteiger partial charge on any atom is 0.164 e. The van der Waals surface area contributed by atoms with E-state index in [0.29, 0.717) is 16.9 Å². The second-order valence-corrected chi connectivity index (χ2v) is 5.74. The van der Waals surface area contributed by atoms with E-state index < -0.39 is 0 Å². The SMILES string of the molecule is COc1cc(Cl)cc(CC(C)N)c1OC1CCCC1. The number of ether oxygens (including phenoxy) is 2. The van der Waals surface area contributed by atoms with E-state index in [0.717, 1.165) is 30.6 Å². The van der Waals surface area contributed by atoms with E-state index in [2.05, 4.69) is 0 Å². The topological polar surface area (TPSA) is 44.5 Å². The van der Waals surface area contributed by atoms with Crippen LogP contribution in [0.4, 0.5) is 0 Å². The van der Waals surface area contributed by atoms with E-state index in [9.17, 15) is 0 Å². The molecule has 0 saturated heterocycles. The van der Waals surface area contributed by atoms with Crippen molar-refractivity contribution in [3.05, 3.63) is 22.7 Å². The molecule has 106 valence electrons. The summed E-state index contributed by atoms with van der Waals surface area (Å²) in [5.41, 5.74) is 6.94. The molecule has 0 aromatic heterocycles. The maximum absolute atomic E-state index is 6.15. The van der Waals surface area contributed by atoms with Crippen molar-refractivity contribution in [3.8, 4) is 11.5 Å². The highest BCUT2D eigenvalue weighted by atomic mass is 35.5. The molecule has 19 heavy (non-hydrogen) atoms. The summed E-state index contributed by atoms with van der Waals surface area (Å²) >= 11 is 6.12.